The van der Waals surface area contributed by atoms with Crippen molar-refractivity contribution in [3.63, 3.8) is 0 Å². The van der Waals surface area contributed by atoms with E-state index < -0.39 is 0 Å². The Bertz CT molecular complexity index is 398. The SMILES string of the molecule is CCC(CSC)NC(C)c1ccc(OC)c(COC)c1. The van der Waals surface area contributed by atoms with Crippen molar-refractivity contribution in [2.45, 2.75) is 39.0 Å². The standard InChI is InChI=1S/C16H27NO2S/c1-6-15(11-20-5)17-12(2)13-7-8-16(19-4)14(9-13)10-18-3/h7-9,12,15,17H,6,10-11H2,1-5H3. The number of ether oxygens (including phenoxy) is 2. The molecule has 0 bridgehead atoms. The summed E-state index contributed by atoms with van der Waals surface area (Å²) < 4.78 is 10.6. The van der Waals surface area contributed by atoms with Crippen molar-refractivity contribution in [3.8, 4) is 5.75 Å². The Morgan fingerprint density at radius 1 is 1.30 bits per heavy atom. The van der Waals surface area contributed by atoms with Gasteiger partial charge in [0.2, 0.25) is 0 Å². The predicted molar refractivity (Wildman–Crippen MR) is 87.7 cm³/mol. The molecule has 2 unspecified atom stereocenters. The predicted octanol–water partition coefficient (Wildman–Crippen LogP) is 3.63. The molecule has 20 heavy (non-hydrogen) atoms. The Hall–Kier alpha value is -0.710. The van der Waals surface area contributed by atoms with Gasteiger partial charge in [-0.05, 0) is 37.3 Å². The highest BCUT2D eigenvalue weighted by molar-refractivity contribution is 7.98. The summed E-state index contributed by atoms with van der Waals surface area (Å²) in [6.07, 6.45) is 3.30. The van der Waals surface area contributed by atoms with E-state index in [9.17, 15) is 0 Å². The van der Waals surface area contributed by atoms with Gasteiger partial charge in [-0.3, -0.25) is 0 Å². The summed E-state index contributed by atoms with van der Waals surface area (Å²) in [6.45, 7) is 5.01. The zero-order valence-electron chi connectivity index (χ0n) is 13.2. The van der Waals surface area contributed by atoms with Gasteiger partial charge >= 0.3 is 0 Å². The van der Waals surface area contributed by atoms with Gasteiger partial charge < -0.3 is 14.8 Å². The van der Waals surface area contributed by atoms with Gasteiger partial charge in [-0.25, -0.2) is 0 Å². The van der Waals surface area contributed by atoms with E-state index in [1.807, 2.05) is 17.8 Å². The third-order valence-electron chi connectivity index (χ3n) is 3.45. The molecule has 3 nitrogen and oxygen atoms in total. The number of nitrogens with one attached hydrogen (secondary N) is 1. The molecule has 0 aliphatic rings. The lowest BCUT2D eigenvalue weighted by molar-refractivity contribution is 0.181. The average molecular weight is 297 g/mol. The molecule has 0 aromatic heterocycles. The lowest BCUT2D eigenvalue weighted by Gasteiger charge is -2.23. The van der Waals surface area contributed by atoms with Gasteiger partial charge in [-0.1, -0.05) is 13.0 Å². The first-order valence-electron chi connectivity index (χ1n) is 7.06. The summed E-state index contributed by atoms with van der Waals surface area (Å²) in [7, 11) is 3.40. The van der Waals surface area contributed by atoms with E-state index in [0.29, 0.717) is 18.7 Å². The summed E-state index contributed by atoms with van der Waals surface area (Å²) in [5, 5.41) is 3.69. The van der Waals surface area contributed by atoms with Crippen LogP contribution in [-0.4, -0.2) is 32.3 Å². The molecule has 0 radical (unpaired) electrons. The molecular formula is C16H27NO2S. The Labute approximate surface area is 127 Å². The second kappa shape index (κ2) is 9.27. The van der Waals surface area contributed by atoms with Crippen molar-refractivity contribution in [2.24, 2.45) is 0 Å². The lowest BCUT2D eigenvalue weighted by Crippen LogP contribution is -2.33. The summed E-state index contributed by atoms with van der Waals surface area (Å²) >= 11 is 1.89. The molecule has 4 heteroatoms. The zero-order valence-corrected chi connectivity index (χ0v) is 14.0. The van der Waals surface area contributed by atoms with E-state index in [1.54, 1.807) is 14.2 Å². The van der Waals surface area contributed by atoms with Crippen molar-refractivity contribution in [2.75, 3.05) is 26.2 Å². The quantitative estimate of drug-likeness (QED) is 0.754. The molecule has 0 fully saturated rings. The van der Waals surface area contributed by atoms with Crippen molar-refractivity contribution in [3.05, 3.63) is 29.3 Å². The molecule has 0 aliphatic heterocycles. The van der Waals surface area contributed by atoms with Crippen LogP contribution in [0.2, 0.25) is 0 Å². The summed E-state index contributed by atoms with van der Waals surface area (Å²) in [5.74, 6) is 2.03. The van der Waals surface area contributed by atoms with E-state index in [4.69, 9.17) is 9.47 Å². The fraction of sp³-hybridized carbons (Fsp3) is 0.625. The third kappa shape index (κ3) is 5.00. The summed E-state index contributed by atoms with van der Waals surface area (Å²) in [5.41, 5.74) is 2.37. The van der Waals surface area contributed by atoms with Crippen LogP contribution in [-0.2, 0) is 11.3 Å². The fourth-order valence-corrected chi connectivity index (χ4v) is 3.01. The second-order valence-corrected chi connectivity index (χ2v) is 5.86. The molecule has 1 aromatic rings. The van der Waals surface area contributed by atoms with Gasteiger partial charge in [-0.2, -0.15) is 11.8 Å². The van der Waals surface area contributed by atoms with Crippen LogP contribution in [0.25, 0.3) is 0 Å². The Kier molecular flexibility index (Phi) is 8.04. The van der Waals surface area contributed by atoms with Crippen LogP contribution < -0.4 is 10.1 Å². The molecule has 1 N–H and O–H groups in total. The van der Waals surface area contributed by atoms with Gasteiger partial charge in [0.1, 0.15) is 5.75 Å². The zero-order chi connectivity index (χ0) is 15.0. The molecule has 1 rings (SSSR count). The number of rotatable bonds is 9. The summed E-state index contributed by atoms with van der Waals surface area (Å²) in [4.78, 5) is 0. The van der Waals surface area contributed by atoms with Gasteiger partial charge in [0.25, 0.3) is 0 Å². The monoisotopic (exact) mass is 297 g/mol. The Morgan fingerprint density at radius 2 is 2.05 bits per heavy atom. The van der Waals surface area contributed by atoms with E-state index in [-0.39, 0.29) is 0 Å². The fourth-order valence-electron chi connectivity index (χ4n) is 2.27. The third-order valence-corrected chi connectivity index (χ3v) is 4.19. The minimum absolute atomic E-state index is 0.327. The van der Waals surface area contributed by atoms with Crippen LogP contribution >= 0.6 is 11.8 Å². The molecule has 0 heterocycles. The number of benzene rings is 1. The van der Waals surface area contributed by atoms with Crippen molar-refractivity contribution >= 4 is 11.8 Å². The first-order valence-corrected chi connectivity index (χ1v) is 8.46. The van der Waals surface area contributed by atoms with Crippen LogP contribution in [0.5, 0.6) is 5.75 Å². The van der Waals surface area contributed by atoms with Crippen molar-refractivity contribution in [1.29, 1.82) is 0 Å². The molecule has 0 spiro atoms. The molecular weight excluding hydrogens is 270 g/mol. The van der Waals surface area contributed by atoms with E-state index >= 15 is 0 Å². The largest absolute Gasteiger partial charge is 0.496 e. The maximum Gasteiger partial charge on any atom is 0.124 e. The van der Waals surface area contributed by atoms with Crippen LogP contribution in [0, 0.1) is 0 Å². The second-order valence-electron chi connectivity index (χ2n) is 4.95. The number of hydrogen-bond donors (Lipinski definition) is 1. The normalized spacial score (nSPS) is 14.1. The molecule has 0 aliphatic carbocycles. The lowest BCUT2D eigenvalue weighted by atomic mass is 10.0. The average Bonchev–Trinajstić information content (AvgIpc) is 2.46. The van der Waals surface area contributed by atoms with Gasteiger partial charge in [0.15, 0.2) is 0 Å². The van der Waals surface area contributed by atoms with Crippen LogP contribution in [0.1, 0.15) is 37.4 Å². The molecule has 114 valence electrons. The first-order chi connectivity index (χ1) is 9.65. The maximum atomic E-state index is 5.37. The first kappa shape index (κ1) is 17.3. The molecule has 2 atom stereocenters. The Morgan fingerprint density at radius 3 is 2.60 bits per heavy atom. The highest BCUT2D eigenvalue weighted by Crippen LogP contribution is 2.24. The molecule has 1 aromatic carbocycles. The smallest absolute Gasteiger partial charge is 0.124 e. The van der Waals surface area contributed by atoms with Gasteiger partial charge in [-0.15, -0.1) is 0 Å². The number of thioether (sulfide) groups is 1. The van der Waals surface area contributed by atoms with Crippen molar-refractivity contribution < 1.29 is 9.47 Å². The topological polar surface area (TPSA) is 30.5 Å². The minimum Gasteiger partial charge on any atom is -0.496 e. The van der Waals surface area contributed by atoms with Gasteiger partial charge in [0, 0.05) is 30.5 Å². The maximum absolute atomic E-state index is 5.37. The van der Waals surface area contributed by atoms with Crippen LogP contribution in [0.4, 0.5) is 0 Å². The Balaban J connectivity index is 2.81. The van der Waals surface area contributed by atoms with Crippen LogP contribution in [0.15, 0.2) is 18.2 Å². The van der Waals surface area contributed by atoms with Gasteiger partial charge in [0.05, 0.1) is 13.7 Å². The van der Waals surface area contributed by atoms with E-state index in [0.717, 1.165) is 23.5 Å². The van der Waals surface area contributed by atoms with Crippen LogP contribution in [0.3, 0.4) is 0 Å². The minimum atomic E-state index is 0.327. The number of methoxy groups -OCH3 is 2. The van der Waals surface area contributed by atoms with Crippen molar-refractivity contribution in [1.82, 2.24) is 5.32 Å². The summed E-state index contributed by atoms with van der Waals surface area (Å²) in [6, 6.07) is 7.20. The van der Waals surface area contributed by atoms with E-state index in [2.05, 4.69) is 37.6 Å². The van der Waals surface area contributed by atoms with E-state index in [1.165, 1.54) is 5.56 Å². The number of hydrogen-bond acceptors (Lipinski definition) is 4. The molecule has 0 amide bonds. The highest BCUT2D eigenvalue weighted by atomic mass is 32.2. The highest BCUT2D eigenvalue weighted by Gasteiger charge is 2.13. The molecule has 0 saturated heterocycles. The molecule has 0 saturated carbocycles.